The summed E-state index contributed by atoms with van der Waals surface area (Å²) in [5.41, 5.74) is -0.936. The molecule has 1 unspecified atom stereocenters. The standard InChI is InChI=1S/C12H22N4O2/c1-5-14-12(2,11(17)18)9-15(3)8-10-13-6-7-16(10)4/h6-7,14H,5,8-9H2,1-4H3,(H,17,18). The molecule has 1 atom stereocenters. The second-order valence-electron chi connectivity index (χ2n) is 4.79. The smallest absolute Gasteiger partial charge is 0.324 e. The number of hydrogen-bond donors (Lipinski definition) is 2. The SMILES string of the molecule is CCNC(C)(CN(C)Cc1nccn1C)C(=O)O. The van der Waals surface area contributed by atoms with Crippen LogP contribution >= 0.6 is 0 Å². The van der Waals surface area contributed by atoms with Gasteiger partial charge in [-0.3, -0.25) is 9.69 Å². The number of carbonyl (C=O) groups is 1. The van der Waals surface area contributed by atoms with Crippen molar-refractivity contribution in [3.05, 3.63) is 18.2 Å². The van der Waals surface area contributed by atoms with Crippen LogP contribution in [0.5, 0.6) is 0 Å². The normalized spacial score (nSPS) is 14.7. The third-order valence-corrected chi connectivity index (χ3v) is 2.96. The fourth-order valence-electron chi connectivity index (χ4n) is 1.98. The van der Waals surface area contributed by atoms with Crippen LogP contribution < -0.4 is 5.32 Å². The summed E-state index contributed by atoms with van der Waals surface area (Å²) in [5, 5.41) is 12.3. The van der Waals surface area contributed by atoms with Crippen molar-refractivity contribution in [2.24, 2.45) is 7.05 Å². The number of nitrogens with one attached hydrogen (secondary N) is 1. The second-order valence-corrected chi connectivity index (χ2v) is 4.79. The summed E-state index contributed by atoms with van der Waals surface area (Å²) in [7, 11) is 3.82. The molecule has 6 nitrogen and oxygen atoms in total. The van der Waals surface area contributed by atoms with Gasteiger partial charge in [0, 0.05) is 26.0 Å². The topological polar surface area (TPSA) is 70.4 Å². The predicted octanol–water partition coefficient (Wildman–Crippen LogP) is 0.305. The molecule has 0 spiro atoms. The molecule has 102 valence electrons. The van der Waals surface area contributed by atoms with Crippen LogP contribution in [0.2, 0.25) is 0 Å². The molecule has 18 heavy (non-hydrogen) atoms. The first kappa shape index (κ1) is 14.7. The van der Waals surface area contributed by atoms with Gasteiger partial charge in [-0.1, -0.05) is 6.92 Å². The number of rotatable bonds is 7. The fraction of sp³-hybridized carbons (Fsp3) is 0.667. The van der Waals surface area contributed by atoms with Crippen LogP contribution in [0.15, 0.2) is 12.4 Å². The van der Waals surface area contributed by atoms with E-state index in [0.717, 1.165) is 5.82 Å². The summed E-state index contributed by atoms with van der Waals surface area (Å²) in [6, 6.07) is 0. The Balaban J connectivity index is 2.65. The number of carboxylic acids is 1. The van der Waals surface area contributed by atoms with Crippen molar-refractivity contribution in [3.63, 3.8) is 0 Å². The Morgan fingerprint density at radius 3 is 2.78 bits per heavy atom. The van der Waals surface area contributed by atoms with Crippen LogP contribution in [0, 0.1) is 0 Å². The predicted molar refractivity (Wildman–Crippen MR) is 69.3 cm³/mol. The zero-order valence-corrected chi connectivity index (χ0v) is 11.5. The molecule has 1 rings (SSSR count). The average Bonchev–Trinajstić information content (AvgIpc) is 2.64. The highest BCUT2D eigenvalue weighted by atomic mass is 16.4. The van der Waals surface area contributed by atoms with Crippen LogP contribution in [0.1, 0.15) is 19.7 Å². The summed E-state index contributed by atoms with van der Waals surface area (Å²) in [4.78, 5) is 17.5. The van der Waals surface area contributed by atoms with Crippen LogP contribution in [-0.2, 0) is 18.4 Å². The molecule has 1 heterocycles. The first-order valence-corrected chi connectivity index (χ1v) is 6.02. The van der Waals surface area contributed by atoms with Gasteiger partial charge in [0.2, 0.25) is 0 Å². The van der Waals surface area contributed by atoms with Crippen molar-refractivity contribution in [1.29, 1.82) is 0 Å². The van der Waals surface area contributed by atoms with Gasteiger partial charge in [-0.05, 0) is 20.5 Å². The van der Waals surface area contributed by atoms with E-state index >= 15 is 0 Å². The maximum atomic E-state index is 11.3. The molecule has 0 aliphatic carbocycles. The molecule has 0 radical (unpaired) electrons. The molecule has 0 amide bonds. The molecular weight excluding hydrogens is 232 g/mol. The minimum absolute atomic E-state index is 0.420. The molecule has 6 heteroatoms. The van der Waals surface area contributed by atoms with E-state index in [2.05, 4.69) is 10.3 Å². The molecule has 0 saturated carbocycles. The van der Waals surface area contributed by atoms with Crippen molar-refractivity contribution in [3.8, 4) is 0 Å². The van der Waals surface area contributed by atoms with Crippen LogP contribution in [0.25, 0.3) is 0 Å². The van der Waals surface area contributed by atoms with E-state index in [1.807, 2.05) is 36.7 Å². The zero-order valence-electron chi connectivity index (χ0n) is 11.5. The number of aromatic nitrogens is 2. The summed E-state index contributed by atoms with van der Waals surface area (Å²) >= 11 is 0. The lowest BCUT2D eigenvalue weighted by atomic mass is 10.0. The maximum Gasteiger partial charge on any atom is 0.324 e. The Bertz CT molecular complexity index is 405. The summed E-state index contributed by atoms with van der Waals surface area (Å²) in [5.74, 6) is 0.0813. The lowest BCUT2D eigenvalue weighted by Gasteiger charge is -2.30. The Hall–Kier alpha value is -1.40. The second kappa shape index (κ2) is 5.97. The van der Waals surface area contributed by atoms with Gasteiger partial charge in [0.1, 0.15) is 11.4 Å². The van der Waals surface area contributed by atoms with Crippen molar-refractivity contribution < 1.29 is 9.90 Å². The summed E-state index contributed by atoms with van der Waals surface area (Å²) in [6.07, 6.45) is 3.62. The molecular formula is C12H22N4O2. The first-order chi connectivity index (χ1) is 8.39. The molecule has 0 bridgehead atoms. The Morgan fingerprint density at radius 1 is 1.67 bits per heavy atom. The highest BCUT2D eigenvalue weighted by Crippen LogP contribution is 2.08. The van der Waals surface area contributed by atoms with Gasteiger partial charge in [-0.2, -0.15) is 0 Å². The lowest BCUT2D eigenvalue weighted by molar-refractivity contribution is -0.144. The number of likely N-dealkylation sites (N-methyl/N-ethyl adjacent to an activating group) is 2. The highest BCUT2D eigenvalue weighted by Gasteiger charge is 2.33. The van der Waals surface area contributed by atoms with Gasteiger partial charge in [0.25, 0.3) is 0 Å². The van der Waals surface area contributed by atoms with Crippen molar-refractivity contribution in [1.82, 2.24) is 19.8 Å². The molecule has 0 aliphatic rings. The zero-order chi connectivity index (χ0) is 13.8. The van der Waals surface area contributed by atoms with Gasteiger partial charge >= 0.3 is 5.97 Å². The van der Waals surface area contributed by atoms with Gasteiger partial charge in [0.15, 0.2) is 0 Å². The van der Waals surface area contributed by atoms with Gasteiger partial charge in [-0.15, -0.1) is 0 Å². The van der Waals surface area contributed by atoms with E-state index in [-0.39, 0.29) is 0 Å². The van der Waals surface area contributed by atoms with E-state index in [9.17, 15) is 9.90 Å². The Labute approximate surface area is 108 Å². The lowest BCUT2D eigenvalue weighted by Crippen LogP contribution is -2.56. The van der Waals surface area contributed by atoms with Crippen molar-refractivity contribution in [2.75, 3.05) is 20.1 Å². The van der Waals surface area contributed by atoms with Gasteiger partial charge < -0.3 is 15.0 Å². The van der Waals surface area contributed by atoms with Crippen molar-refractivity contribution in [2.45, 2.75) is 25.9 Å². The van der Waals surface area contributed by atoms with Gasteiger partial charge in [-0.25, -0.2) is 4.98 Å². The summed E-state index contributed by atoms with van der Waals surface area (Å²) in [6.45, 7) is 5.27. The number of nitrogens with zero attached hydrogens (tertiary/aromatic N) is 3. The minimum atomic E-state index is -0.936. The van der Waals surface area contributed by atoms with E-state index in [1.165, 1.54) is 0 Å². The molecule has 0 fully saturated rings. The molecule has 0 aromatic carbocycles. The Morgan fingerprint density at radius 2 is 2.33 bits per heavy atom. The van der Waals surface area contributed by atoms with Crippen LogP contribution in [0.4, 0.5) is 0 Å². The van der Waals surface area contributed by atoms with E-state index in [4.69, 9.17) is 0 Å². The highest BCUT2D eigenvalue weighted by molar-refractivity contribution is 5.78. The summed E-state index contributed by atoms with van der Waals surface area (Å²) < 4.78 is 1.93. The Kier molecular flexibility index (Phi) is 4.86. The average molecular weight is 254 g/mol. The molecule has 2 N–H and O–H groups in total. The number of hydrogen-bond acceptors (Lipinski definition) is 4. The monoisotopic (exact) mass is 254 g/mol. The minimum Gasteiger partial charge on any atom is -0.480 e. The van der Waals surface area contributed by atoms with Crippen LogP contribution in [0.3, 0.4) is 0 Å². The molecule has 1 aromatic heterocycles. The quantitative estimate of drug-likeness (QED) is 0.732. The molecule has 0 saturated heterocycles. The number of carboxylic acid groups (broad SMARTS) is 1. The largest absolute Gasteiger partial charge is 0.480 e. The number of aryl methyl sites for hydroxylation is 1. The van der Waals surface area contributed by atoms with E-state index in [0.29, 0.717) is 19.6 Å². The molecule has 1 aromatic rings. The molecule has 0 aliphatic heterocycles. The third-order valence-electron chi connectivity index (χ3n) is 2.96. The maximum absolute atomic E-state index is 11.3. The van der Waals surface area contributed by atoms with Crippen molar-refractivity contribution >= 4 is 5.97 Å². The number of aliphatic carboxylic acids is 1. The first-order valence-electron chi connectivity index (χ1n) is 6.02. The van der Waals surface area contributed by atoms with E-state index in [1.54, 1.807) is 13.1 Å². The number of imidazole rings is 1. The van der Waals surface area contributed by atoms with Gasteiger partial charge in [0.05, 0.1) is 6.54 Å². The third kappa shape index (κ3) is 3.54. The van der Waals surface area contributed by atoms with E-state index < -0.39 is 11.5 Å². The fourth-order valence-corrected chi connectivity index (χ4v) is 1.98. The van der Waals surface area contributed by atoms with Crippen LogP contribution in [-0.4, -0.2) is 51.2 Å².